The Hall–Kier alpha value is -1.95. The second kappa shape index (κ2) is 13.5. The lowest BCUT2D eigenvalue weighted by molar-refractivity contribution is -0.355. The number of ether oxygens (including phenoxy) is 2. The summed E-state index contributed by atoms with van der Waals surface area (Å²) in [5, 5.41) is 48.4. The van der Waals surface area contributed by atoms with Gasteiger partial charge in [-0.1, -0.05) is 71.2 Å². The first-order valence-corrected chi connectivity index (χ1v) is 22.5. The molecule has 4 N–H and O–H groups in total. The van der Waals surface area contributed by atoms with Gasteiger partial charge in [-0.2, -0.15) is 0 Å². The van der Waals surface area contributed by atoms with Crippen LogP contribution in [0.25, 0.3) is 0 Å². The second-order valence-corrected chi connectivity index (χ2v) is 21.5. The third-order valence-electron chi connectivity index (χ3n) is 20.0. The van der Waals surface area contributed by atoms with E-state index in [2.05, 4.69) is 70.7 Å². The molecule has 310 valence electrons. The van der Waals surface area contributed by atoms with Crippen LogP contribution in [0.2, 0.25) is 0 Å². The van der Waals surface area contributed by atoms with Crippen molar-refractivity contribution in [3.8, 4) is 11.8 Å². The van der Waals surface area contributed by atoms with Crippen molar-refractivity contribution >= 4 is 5.97 Å². The molecule has 0 aromatic heterocycles. The SMILES string of the molecule is CCCC1CC#CC23CCC45C(Cc6ccc(CCOC)cc6)OC(O)(CC(O)C4(CO)C2(C)CCC2(CC1)C1CC(C)(C(=O)O)CCC1(C)CCC23C)C5C. The highest BCUT2D eigenvalue weighted by Gasteiger charge is 2.87. The molecule has 1 saturated heterocycles. The molecule has 6 fully saturated rings. The van der Waals surface area contributed by atoms with E-state index in [1.54, 1.807) is 7.11 Å². The first-order valence-electron chi connectivity index (χ1n) is 22.5. The number of aliphatic hydroxyl groups excluding tert-OH is 2. The molecule has 56 heavy (non-hydrogen) atoms. The van der Waals surface area contributed by atoms with E-state index in [4.69, 9.17) is 9.47 Å². The van der Waals surface area contributed by atoms with Crippen molar-refractivity contribution < 1.29 is 34.7 Å². The third-order valence-corrected chi connectivity index (χ3v) is 20.0. The van der Waals surface area contributed by atoms with Gasteiger partial charge < -0.3 is 29.9 Å². The number of methoxy groups -OCH3 is 1. The average molecular weight is 773 g/mol. The zero-order valence-corrected chi connectivity index (χ0v) is 35.6. The number of aliphatic hydroxyl groups is 3. The van der Waals surface area contributed by atoms with Crippen molar-refractivity contribution in [1.82, 2.24) is 0 Å². The number of benzene rings is 1. The molecule has 4 bridgehead atoms. The Bertz CT molecular complexity index is 1750. The number of hydrogen-bond acceptors (Lipinski definition) is 6. The number of carboxylic acids is 1. The van der Waals surface area contributed by atoms with Gasteiger partial charge in [0.1, 0.15) is 0 Å². The predicted molar refractivity (Wildman–Crippen MR) is 217 cm³/mol. The fourth-order valence-corrected chi connectivity index (χ4v) is 16.7. The van der Waals surface area contributed by atoms with Crippen molar-refractivity contribution in [2.24, 2.45) is 61.1 Å². The largest absolute Gasteiger partial charge is 0.481 e. The number of rotatable bonds is 9. The molecule has 1 aliphatic heterocycles. The lowest BCUT2D eigenvalue weighted by Gasteiger charge is -2.81. The van der Waals surface area contributed by atoms with Gasteiger partial charge in [0, 0.05) is 42.1 Å². The molecule has 7 aliphatic rings. The molecule has 1 aromatic carbocycles. The zero-order chi connectivity index (χ0) is 40.2. The normalized spacial score (nSPS) is 50.4. The van der Waals surface area contributed by atoms with Gasteiger partial charge in [0.05, 0.1) is 30.8 Å². The maximum absolute atomic E-state index is 13.1. The van der Waals surface area contributed by atoms with Crippen LogP contribution in [-0.2, 0) is 27.1 Å². The molecule has 5 saturated carbocycles. The van der Waals surface area contributed by atoms with Crippen molar-refractivity contribution in [3.05, 3.63) is 35.4 Å². The first-order chi connectivity index (χ1) is 26.5. The summed E-state index contributed by atoms with van der Waals surface area (Å²) in [6.45, 7) is 14.3. The topological polar surface area (TPSA) is 116 Å². The predicted octanol–water partition coefficient (Wildman–Crippen LogP) is 8.74. The number of hydrogen-bond donors (Lipinski definition) is 4. The van der Waals surface area contributed by atoms with Crippen LogP contribution in [0.4, 0.5) is 0 Å². The standard InChI is InChI=1S/C49H72O7/c1-8-10-34-11-9-18-46-26-27-47-33(2)49(54,56-39(47)29-36-14-12-35(13-15-36)17-28-55-7)31-38(51)48(47,32-50)44(46,6)24-25-45(19-16-34)37-30-42(4,40(52)53)21-20-41(37,3)22-23-43(45,46)5/h12-15,33-34,37-39,50-51,54H,8,10-11,16-17,19-32H2,1-7H3,(H,52,53). The summed E-state index contributed by atoms with van der Waals surface area (Å²) in [5.74, 6) is 6.40. The molecule has 7 heteroatoms. The maximum atomic E-state index is 13.1. The van der Waals surface area contributed by atoms with Crippen molar-refractivity contribution in [3.63, 3.8) is 0 Å². The molecular formula is C49H72O7. The second-order valence-electron chi connectivity index (χ2n) is 21.5. The van der Waals surface area contributed by atoms with E-state index < -0.39 is 51.0 Å². The highest BCUT2D eigenvalue weighted by atomic mass is 16.6. The van der Waals surface area contributed by atoms with Crippen LogP contribution in [0.1, 0.15) is 149 Å². The summed E-state index contributed by atoms with van der Waals surface area (Å²) in [4.78, 5) is 13.1. The Morgan fingerprint density at radius 3 is 2.30 bits per heavy atom. The minimum Gasteiger partial charge on any atom is -0.481 e. The van der Waals surface area contributed by atoms with Gasteiger partial charge >= 0.3 is 5.97 Å². The van der Waals surface area contributed by atoms with Gasteiger partial charge in [0.15, 0.2) is 5.79 Å². The van der Waals surface area contributed by atoms with Crippen molar-refractivity contribution in [2.45, 2.75) is 169 Å². The average Bonchev–Trinajstić information content (AvgIpc) is 3.32. The minimum absolute atomic E-state index is 0.0640. The number of carbonyl (C=O) groups is 1. The van der Waals surface area contributed by atoms with E-state index in [-0.39, 0.29) is 41.1 Å². The van der Waals surface area contributed by atoms with Crippen LogP contribution in [0.3, 0.4) is 0 Å². The van der Waals surface area contributed by atoms with Crippen LogP contribution < -0.4 is 0 Å². The number of carboxylic acid groups (broad SMARTS) is 1. The molecule has 0 radical (unpaired) electrons. The van der Waals surface area contributed by atoms with Gasteiger partial charge in [-0.3, -0.25) is 4.79 Å². The summed E-state index contributed by atoms with van der Waals surface area (Å²) in [5.41, 5.74) is -1.54. The lowest BCUT2D eigenvalue weighted by atomic mass is 9.21. The minimum atomic E-state index is -1.49. The van der Waals surface area contributed by atoms with Crippen LogP contribution in [0.5, 0.6) is 0 Å². The van der Waals surface area contributed by atoms with Crippen LogP contribution in [0.15, 0.2) is 24.3 Å². The Kier molecular flexibility index (Phi) is 9.86. The number of aliphatic carboxylic acids is 1. The van der Waals surface area contributed by atoms with E-state index in [1.807, 2.05) is 6.92 Å². The molecule has 1 aromatic rings. The van der Waals surface area contributed by atoms with Crippen LogP contribution >= 0.6 is 0 Å². The Morgan fingerprint density at radius 2 is 1.62 bits per heavy atom. The molecule has 0 amide bonds. The fourth-order valence-electron chi connectivity index (χ4n) is 16.7. The molecule has 7 nitrogen and oxygen atoms in total. The monoisotopic (exact) mass is 773 g/mol. The molecule has 14 unspecified atom stereocenters. The summed E-state index contributed by atoms with van der Waals surface area (Å²) in [6.07, 6.45) is 13.1. The first kappa shape index (κ1) is 40.8. The zero-order valence-electron chi connectivity index (χ0n) is 35.6. The lowest BCUT2D eigenvalue weighted by Crippen LogP contribution is -2.80. The molecule has 6 aliphatic carbocycles. The molecule has 1 heterocycles. The highest BCUT2D eigenvalue weighted by Crippen LogP contribution is 2.87. The quantitative estimate of drug-likeness (QED) is 0.186. The van der Waals surface area contributed by atoms with Gasteiger partial charge in [0.2, 0.25) is 0 Å². The summed E-state index contributed by atoms with van der Waals surface area (Å²) < 4.78 is 12.2. The van der Waals surface area contributed by atoms with Crippen LogP contribution in [0, 0.1) is 72.9 Å². The molecule has 2 spiro atoms. The van der Waals surface area contributed by atoms with E-state index >= 15 is 0 Å². The molecular weight excluding hydrogens is 701 g/mol. The van der Waals surface area contributed by atoms with Gasteiger partial charge in [0.25, 0.3) is 0 Å². The van der Waals surface area contributed by atoms with E-state index in [9.17, 15) is 25.2 Å². The van der Waals surface area contributed by atoms with Gasteiger partial charge in [-0.15, -0.1) is 5.92 Å². The third kappa shape index (κ3) is 4.98. The molecule has 8 rings (SSSR count). The van der Waals surface area contributed by atoms with Crippen molar-refractivity contribution in [2.75, 3.05) is 20.3 Å². The fraction of sp³-hybridized carbons (Fsp3) is 0.816. The van der Waals surface area contributed by atoms with E-state index in [1.165, 1.54) is 5.56 Å². The summed E-state index contributed by atoms with van der Waals surface area (Å²) >= 11 is 0. The smallest absolute Gasteiger partial charge is 0.309 e. The number of fused-ring (bicyclic) bond motifs is 3. The molecule has 14 atom stereocenters. The Labute approximate surface area is 337 Å². The Balaban J connectivity index is 1.31. The van der Waals surface area contributed by atoms with Gasteiger partial charge in [-0.25, -0.2) is 0 Å². The van der Waals surface area contributed by atoms with Crippen LogP contribution in [-0.4, -0.2) is 64.7 Å². The van der Waals surface area contributed by atoms with Crippen molar-refractivity contribution in [1.29, 1.82) is 0 Å². The van der Waals surface area contributed by atoms with E-state index in [0.29, 0.717) is 31.8 Å². The van der Waals surface area contributed by atoms with E-state index in [0.717, 1.165) is 89.0 Å². The van der Waals surface area contributed by atoms with Gasteiger partial charge in [-0.05, 0) is 141 Å². The summed E-state index contributed by atoms with van der Waals surface area (Å²) in [6, 6.07) is 8.67. The maximum Gasteiger partial charge on any atom is 0.309 e. The Morgan fingerprint density at radius 1 is 0.929 bits per heavy atom. The summed E-state index contributed by atoms with van der Waals surface area (Å²) in [7, 11) is 1.72. The highest BCUT2D eigenvalue weighted by molar-refractivity contribution is 5.74.